The molecule has 132 valence electrons. The molecule has 2 heterocycles. The van der Waals surface area contributed by atoms with Gasteiger partial charge in [0, 0.05) is 24.3 Å². The Morgan fingerprint density at radius 1 is 1.36 bits per heavy atom. The van der Waals surface area contributed by atoms with Gasteiger partial charge in [0.1, 0.15) is 18.1 Å². The fourth-order valence-corrected chi connectivity index (χ4v) is 2.95. The highest BCUT2D eigenvalue weighted by Crippen LogP contribution is 2.23. The Labute approximate surface area is 146 Å². The van der Waals surface area contributed by atoms with Crippen molar-refractivity contribution in [3.05, 3.63) is 41.8 Å². The molecule has 0 spiro atoms. The topological polar surface area (TPSA) is 75.9 Å². The molecule has 1 aromatic carbocycles. The van der Waals surface area contributed by atoms with Gasteiger partial charge in [-0.15, -0.1) is 0 Å². The molecule has 1 aliphatic heterocycles. The summed E-state index contributed by atoms with van der Waals surface area (Å²) in [7, 11) is 1.60. The maximum Gasteiger partial charge on any atom is 0.246 e. The Morgan fingerprint density at radius 3 is 2.68 bits per heavy atom. The van der Waals surface area contributed by atoms with E-state index in [2.05, 4.69) is 5.16 Å². The molecular formula is C18H21N3O4. The van der Waals surface area contributed by atoms with E-state index in [0.29, 0.717) is 12.3 Å². The Hall–Kier alpha value is -2.83. The molecule has 0 radical (unpaired) electrons. The molecule has 2 aromatic rings. The lowest BCUT2D eigenvalue weighted by Gasteiger charge is -2.39. The van der Waals surface area contributed by atoms with Gasteiger partial charge in [0.2, 0.25) is 11.8 Å². The molecule has 7 nitrogen and oxygen atoms in total. The molecular weight excluding hydrogens is 322 g/mol. The first-order chi connectivity index (χ1) is 12.0. The first-order valence-corrected chi connectivity index (χ1v) is 8.14. The molecule has 2 amide bonds. The summed E-state index contributed by atoms with van der Waals surface area (Å²) in [5, 5.41) is 3.78. The maximum absolute atomic E-state index is 12.5. The number of anilines is 1. The van der Waals surface area contributed by atoms with Crippen molar-refractivity contribution in [3.63, 3.8) is 0 Å². The van der Waals surface area contributed by atoms with Crippen LogP contribution in [0.3, 0.4) is 0 Å². The maximum atomic E-state index is 12.5. The quantitative estimate of drug-likeness (QED) is 0.846. The van der Waals surface area contributed by atoms with E-state index in [1.54, 1.807) is 29.9 Å². The van der Waals surface area contributed by atoms with E-state index in [9.17, 15) is 9.59 Å². The van der Waals surface area contributed by atoms with Gasteiger partial charge in [-0.05, 0) is 38.1 Å². The van der Waals surface area contributed by atoms with Gasteiger partial charge in [0.05, 0.1) is 19.2 Å². The number of carbonyl (C=O) groups excluding carboxylic acids is 2. The van der Waals surface area contributed by atoms with Gasteiger partial charge in [0.25, 0.3) is 0 Å². The fraction of sp³-hybridized carbons (Fsp3) is 0.389. The monoisotopic (exact) mass is 343 g/mol. The number of benzene rings is 1. The van der Waals surface area contributed by atoms with Crippen molar-refractivity contribution in [2.75, 3.05) is 25.1 Å². The normalized spacial score (nSPS) is 17.7. The molecule has 3 rings (SSSR count). The number of carbonyl (C=O) groups is 2. The minimum atomic E-state index is -0.133. The van der Waals surface area contributed by atoms with Gasteiger partial charge in [0.15, 0.2) is 0 Å². The molecule has 0 N–H and O–H groups in total. The Bertz CT molecular complexity index is 769. The lowest BCUT2D eigenvalue weighted by atomic mass is 10.1. The van der Waals surface area contributed by atoms with Gasteiger partial charge in [-0.2, -0.15) is 0 Å². The summed E-state index contributed by atoms with van der Waals surface area (Å²) in [6.45, 7) is 4.25. The van der Waals surface area contributed by atoms with Crippen molar-refractivity contribution in [1.29, 1.82) is 0 Å². The summed E-state index contributed by atoms with van der Waals surface area (Å²) in [5.41, 5.74) is 1.53. The number of methoxy groups -OCH3 is 1. The predicted molar refractivity (Wildman–Crippen MR) is 91.5 cm³/mol. The summed E-state index contributed by atoms with van der Waals surface area (Å²) in [4.78, 5) is 28.3. The minimum absolute atomic E-state index is 0.0547. The van der Waals surface area contributed by atoms with E-state index < -0.39 is 0 Å². The lowest BCUT2D eigenvalue weighted by Crippen LogP contribution is -2.57. The third-order valence-corrected chi connectivity index (χ3v) is 4.29. The van der Waals surface area contributed by atoms with E-state index in [1.807, 2.05) is 31.2 Å². The summed E-state index contributed by atoms with van der Waals surface area (Å²) < 4.78 is 10.2. The first-order valence-electron chi connectivity index (χ1n) is 8.14. The molecule has 1 saturated heterocycles. The van der Waals surface area contributed by atoms with E-state index >= 15 is 0 Å². The van der Waals surface area contributed by atoms with E-state index in [1.165, 1.54) is 0 Å². The number of aryl methyl sites for hydroxylation is 1. The first kappa shape index (κ1) is 17.0. The third kappa shape index (κ3) is 3.65. The molecule has 0 saturated carbocycles. The molecule has 1 unspecified atom stereocenters. The Morgan fingerprint density at radius 2 is 2.08 bits per heavy atom. The summed E-state index contributed by atoms with van der Waals surface area (Å²) in [6.07, 6.45) is 0.112. The zero-order valence-corrected chi connectivity index (χ0v) is 14.6. The Kier molecular flexibility index (Phi) is 4.74. The molecule has 7 heteroatoms. The number of amides is 2. The highest BCUT2D eigenvalue weighted by atomic mass is 16.5. The third-order valence-electron chi connectivity index (χ3n) is 4.29. The lowest BCUT2D eigenvalue weighted by molar-refractivity contribution is -0.139. The van der Waals surface area contributed by atoms with Crippen LogP contribution in [0.4, 0.5) is 5.69 Å². The van der Waals surface area contributed by atoms with Crippen LogP contribution in [0.25, 0.3) is 0 Å². The number of nitrogens with zero attached hydrogens (tertiary/aromatic N) is 3. The summed E-state index contributed by atoms with van der Waals surface area (Å²) in [6, 6.07) is 8.97. The van der Waals surface area contributed by atoms with Crippen LogP contribution in [0, 0.1) is 6.92 Å². The smallest absolute Gasteiger partial charge is 0.246 e. The Balaban J connectivity index is 1.68. The van der Waals surface area contributed by atoms with Gasteiger partial charge in [-0.25, -0.2) is 0 Å². The van der Waals surface area contributed by atoms with Crippen LogP contribution in [0.15, 0.2) is 34.9 Å². The molecule has 0 aliphatic carbocycles. The minimum Gasteiger partial charge on any atom is -0.497 e. The summed E-state index contributed by atoms with van der Waals surface area (Å²) >= 11 is 0. The molecule has 1 atom stereocenters. The van der Waals surface area contributed by atoms with Crippen LogP contribution >= 0.6 is 0 Å². The molecule has 0 bridgehead atoms. The van der Waals surface area contributed by atoms with Crippen LogP contribution in [0.1, 0.15) is 18.4 Å². The second-order valence-electron chi connectivity index (χ2n) is 6.18. The van der Waals surface area contributed by atoms with Crippen LogP contribution in [0.2, 0.25) is 0 Å². The van der Waals surface area contributed by atoms with Crippen molar-refractivity contribution >= 4 is 17.5 Å². The number of ether oxygens (including phenoxy) is 1. The van der Waals surface area contributed by atoms with E-state index in [0.717, 1.165) is 17.1 Å². The van der Waals surface area contributed by atoms with Gasteiger partial charge < -0.3 is 19.1 Å². The second-order valence-corrected chi connectivity index (χ2v) is 6.18. The predicted octanol–water partition coefficient (Wildman–Crippen LogP) is 1.80. The van der Waals surface area contributed by atoms with Gasteiger partial charge >= 0.3 is 0 Å². The molecule has 1 aliphatic rings. The van der Waals surface area contributed by atoms with Gasteiger partial charge in [-0.1, -0.05) is 5.16 Å². The number of aromatic nitrogens is 1. The zero-order valence-electron chi connectivity index (χ0n) is 14.6. The average molecular weight is 343 g/mol. The van der Waals surface area contributed by atoms with E-state index in [4.69, 9.17) is 9.26 Å². The molecule has 1 aromatic heterocycles. The zero-order chi connectivity index (χ0) is 18.0. The van der Waals surface area contributed by atoms with Gasteiger partial charge in [-0.3, -0.25) is 9.59 Å². The van der Waals surface area contributed by atoms with E-state index in [-0.39, 0.29) is 30.8 Å². The van der Waals surface area contributed by atoms with Crippen molar-refractivity contribution in [2.45, 2.75) is 26.3 Å². The molecule has 1 fully saturated rings. The van der Waals surface area contributed by atoms with Crippen LogP contribution < -0.4 is 9.64 Å². The van der Waals surface area contributed by atoms with Crippen LogP contribution in [-0.4, -0.2) is 48.1 Å². The number of rotatable bonds is 4. The fourth-order valence-electron chi connectivity index (χ4n) is 2.95. The highest BCUT2D eigenvalue weighted by molar-refractivity contribution is 5.98. The average Bonchev–Trinajstić information content (AvgIpc) is 3.01. The number of piperazine rings is 1. The van der Waals surface area contributed by atoms with Crippen molar-refractivity contribution < 1.29 is 18.8 Å². The van der Waals surface area contributed by atoms with Crippen LogP contribution in [0.5, 0.6) is 5.75 Å². The largest absolute Gasteiger partial charge is 0.497 e. The molecule has 25 heavy (non-hydrogen) atoms. The SMILES string of the molecule is COc1ccc(N2CC(C)N(C(=O)Cc3cc(C)no3)CC2=O)cc1. The van der Waals surface area contributed by atoms with Crippen LogP contribution in [-0.2, 0) is 16.0 Å². The van der Waals surface area contributed by atoms with Crippen molar-refractivity contribution in [2.24, 2.45) is 0 Å². The van der Waals surface area contributed by atoms with Crippen molar-refractivity contribution in [1.82, 2.24) is 10.1 Å². The number of hydrogen-bond acceptors (Lipinski definition) is 5. The highest BCUT2D eigenvalue weighted by Gasteiger charge is 2.33. The number of hydrogen-bond donors (Lipinski definition) is 0. The second kappa shape index (κ2) is 6.96. The van der Waals surface area contributed by atoms with Crippen molar-refractivity contribution in [3.8, 4) is 5.75 Å². The summed E-state index contributed by atoms with van der Waals surface area (Å²) in [5.74, 6) is 1.01. The standard InChI is InChI=1S/C18H21N3O4/c1-12-8-16(25-19-12)9-17(22)20-11-18(23)21(10-13(20)2)14-4-6-15(24-3)7-5-14/h4-8,13H,9-11H2,1-3H3.